The van der Waals surface area contributed by atoms with Gasteiger partial charge in [0.05, 0.1) is 11.7 Å². The number of hydrogen-bond acceptors (Lipinski definition) is 2. The number of hydrogen-bond donors (Lipinski definition) is 1. The van der Waals surface area contributed by atoms with Gasteiger partial charge in [0.2, 0.25) is 0 Å². The Kier molecular flexibility index (Phi) is 3.11. The molecule has 3 heteroatoms. The average Bonchev–Trinajstić information content (AvgIpc) is 2.93. The van der Waals surface area contributed by atoms with E-state index in [-0.39, 0.29) is 5.60 Å². The molecule has 3 rings (SSSR count). The molecule has 0 radical (unpaired) electrons. The van der Waals surface area contributed by atoms with Gasteiger partial charge in [-0.3, -0.25) is 0 Å². The molecule has 1 unspecified atom stereocenters. The normalized spacial score (nSPS) is 22.2. The van der Waals surface area contributed by atoms with E-state index in [1.807, 2.05) is 0 Å². The highest BCUT2D eigenvalue weighted by Crippen LogP contribution is 2.31. The van der Waals surface area contributed by atoms with E-state index in [1.165, 1.54) is 16.5 Å². The fourth-order valence-electron chi connectivity index (χ4n) is 2.94. The van der Waals surface area contributed by atoms with E-state index >= 15 is 0 Å². The lowest BCUT2D eigenvalue weighted by Crippen LogP contribution is -2.22. The quantitative estimate of drug-likeness (QED) is 0.919. The zero-order valence-electron chi connectivity index (χ0n) is 11.7. The largest absolute Gasteiger partial charge is 0.370 e. The van der Waals surface area contributed by atoms with E-state index < -0.39 is 0 Å². The summed E-state index contributed by atoms with van der Waals surface area (Å²) in [5.74, 6) is 0. The summed E-state index contributed by atoms with van der Waals surface area (Å²) in [6, 6.07) is 8.60. The van der Waals surface area contributed by atoms with Gasteiger partial charge in [0.1, 0.15) is 0 Å². The highest BCUT2D eigenvalue weighted by Gasteiger charge is 2.31. The first-order chi connectivity index (χ1) is 9.07. The van der Waals surface area contributed by atoms with Gasteiger partial charge < -0.3 is 15.0 Å². The molecule has 0 bridgehead atoms. The van der Waals surface area contributed by atoms with Crippen LogP contribution >= 0.6 is 0 Å². The van der Waals surface area contributed by atoms with E-state index in [0.29, 0.717) is 12.6 Å². The lowest BCUT2D eigenvalue weighted by molar-refractivity contribution is -0.0212. The molecule has 1 fully saturated rings. The predicted octanol–water partition coefficient (Wildman–Crippen LogP) is 3.06. The third-order valence-corrected chi connectivity index (χ3v) is 4.03. The summed E-state index contributed by atoms with van der Waals surface area (Å²) in [7, 11) is 0. The molecule has 102 valence electrons. The average molecular weight is 258 g/mol. The summed E-state index contributed by atoms with van der Waals surface area (Å²) in [5, 5.41) is 1.27. The Bertz CT molecular complexity index is 585. The number of fused-ring (bicyclic) bond motifs is 1. The van der Waals surface area contributed by atoms with Crippen LogP contribution in [-0.2, 0) is 17.8 Å². The Balaban J connectivity index is 1.85. The molecule has 0 saturated carbocycles. The minimum atomic E-state index is 0.0377. The molecule has 1 aromatic carbocycles. The molecule has 19 heavy (non-hydrogen) atoms. The molecule has 1 aromatic heterocycles. The molecule has 1 aliphatic heterocycles. The standard InChI is InChI=1S/C16H22N2O/c1-16(2)7-5-14(19-16)11-18-8-6-13-4-3-12(10-17)9-15(13)18/h3-4,6,8-9,14H,5,7,10-11,17H2,1-2H3. The summed E-state index contributed by atoms with van der Waals surface area (Å²) in [6.45, 7) is 5.87. The van der Waals surface area contributed by atoms with Gasteiger partial charge in [-0.25, -0.2) is 0 Å². The minimum absolute atomic E-state index is 0.0377. The van der Waals surface area contributed by atoms with Gasteiger partial charge in [-0.15, -0.1) is 0 Å². The Morgan fingerprint density at radius 2 is 2.21 bits per heavy atom. The molecular formula is C16H22N2O. The van der Waals surface area contributed by atoms with Crippen LogP contribution in [0.1, 0.15) is 32.3 Å². The van der Waals surface area contributed by atoms with E-state index in [0.717, 1.165) is 19.4 Å². The monoisotopic (exact) mass is 258 g/mol. The first-order valence-electron chi connectivity index (χ1n) is 7.03. The Hall–Kier alpha value is -1.32. The Morgan fingerprint density at radius 3 is 2.89 bits per heavy atom. The third kappa shape index (κ3) is 2.53. The van der Waals surface area contributed by atoms with E-state index in [1.54, 1.807) is 0 Å². The van der Waals surface area contributed by atoms with Crippen LogP contribution < -0.4 is 5.73 Å². The highest BCUT2D eigenvalue weighted by atomic mass is 16.5. The second-order valence-corrected chi connectivity index (χ2v) is 6.10. The van der Waals surface area contributed by atoms with Crippen molar-refractivity contribution < 1.29 is 4.74 Å². The van der Waals surface area contributed by atoms with Crippen LogP contribution in [0.3, 0.4) is 0 Å². The lowest BCUT2D eigenvalue weighted by atomic mass is 10.1. The summed E-state index contributed by atoms with van der Waals surface area (Å²) < 4.78 is 8.37. The molecule has 2 aromatic rings. The van der Waals surface area contributed by atoms with Crippen molar-refractivity contribution in [3.8, 4) is 0 Å². The van der Waals surface area contributed by atoms with Gasteiger partial charge in [-0.05, 0) is 49.8 Å². The topological polar surface area (TPSA) is 40.2 Å². The predicted molar refractivity (Wildman–Crippen MR) is 78.0 cm³/mol. The second kappa shape index (κ2) is 4.66. The van der Waals surface area contributed by atoms with Crippen LogP contribution in [0, 0.1) is 0 Å². The Labute approximate surface area is 114 Å². The summed E-state index contributed by atoms with van der Waals surface area (Å²) in [4.78, 5) is 0. The van der Waals surface area contributed by atoms with Crippen LogP contribution in [0.4, 0.5) is 0 Å². The molecule has 0 amide bonds. The van der Waals surface area contributed by atoms with Gasteiger partial charge in [0.15, 0.2) is 0 Å². The van der Waals surface area contributed by atoms with Crippen LogP contribution in [0.5, 0.6) is 0 Å². The molecule has 1 atom stereocenters. The van der Waals surface area contributed by atoms with Crippen molar-refractivity contribution in [2.24, 2.45) is 5.73 Å². The lowest BCUT2D eigenvalue weighted by Gasteiger charge is -2.20. The zero-order valence-corrected chi connectivity index (χ0v) is 11.7. The van der Waals surface area contributed by atoms with Crippen LogP contribution in [0.25, 0.3) is 10.9 Å². The van der Waals surface area contributed by atoms with E-state index in [2.05, 4.69) is 48.9 Å². The van der Waals surface area contributed by atoms with Crippen molar-refractivity contribution in [2.75, 3.05) is 0 Å². The van der Waals surface area contributed by atoms with Crippen molar-refractivity contribution in [2.45, 2.75) is 51.5 Å². The van der Waals surface area contributed by atoms with Crippen LogP contribution in [0.2, 0.25) is 0 Å². The Morgan fingerprint density at radius 1 is 1.37 bits per heavy atom. The molecule has 2 N–H and O–H groups in total. The maximum absolute atomic E-state index is 6.08. The summed E-state index contributed by atoms with van der Waals surface area (Å²) in [5.41, 5.74) is 8.20. The van der Waals surface area contributed by atoms with Gasteiger partial charge in [0, 0.05) is 24.8 Å². The fraction of sp³-hybridized carbons (Fsp3) is 0.500. The molecule has 1 saturated heterocycles. The molecule has 1 aliphatic rings. The molecule has 0 aliphatic carbocycles. The molecule has 2 heterocycles. The van der Waals surface area contributed by atoms with Gasteiger partial charge >= 0.3 is 0 Å². The number of ether oxygens (including phenoxy) is 1. The zero-order chi connectivity index (χ0) is 13.5. The summed E-state index contributed by atoms with van der Waals surface area (Å²) in [6.07, 6.45) is 4.76. The number of nitrogens with zero attached hydrogens (tertiary/aromatic N) is 1. The number of aromatic nitrogens is 1. The van der Waals surface area contributed by atoms with Gasteiger partial charge in [0.25, 0.3) is 0 Å². The smallest absolute Gasteiger partial charge is 0.0762 e. The maximum Gasteiger partial charge on any atom is 0.0762 e. The number of rotatable bonds is 3. The molecule has 0 spiro atoms. The van der Waals surface area contributed by atoms with E-state index in [9.17, 15) is 0 Å². The number of nitrogens with two attached hydrogens (primary N) is 1. The van der Waals surface area contributed by atoms with E-state index in [4.69, 9.17) is 10.5 Å². The highest BCUT2D eigenvalue weighted by molar-refractivity contribution is 5.80. The van der Waals surface area contributed by atoms with Crippen LogP contribution in [0.15, 0.2) is 30.5 Å². The molecular weight excluding hydrogens is 236 g/mol. The fourth-order valence-corrected chi connectivity index (χ4v) is 2.94. The van der Waals surface area contributed by atoms with Crippen molar-refractivity contribution in [3.63, 3.8) is 0 Å². The first kappa shape index (κ1) is 12.7. The van der Waals surface area contributed by atoms with Crippen molar-refractivity contribution in [1.82, 2.24) is 4.57 Å². The maximum atomic E-state index is 6.08. The van der Waals surface area contributed by atoms with Crippen molar-refractivity contribution in [3.05, 3.63) is 36.0 Å². The minimum Gasteiger partial charge on any atom is -0.370 e. The van der Waals surface area contributed by atoms with Crippen molar-refractivity contribution >= 4 is 10.9 Å². The summed E-state index contributed by atoms with van der Waals surface area (Å²) >= 11 is 0. The van der Waals surface area contributed by atoms with Gasteiger partial charge in [-0.2, -0.15) is 0 Å². The third-order valence-electron chi connectivity index (χ3n) is 4.03. The second-order valence-electron chi connectivity index (χ2n) is 6.10. The number of benzene rings is 1. The molecule has 3 nitrogen and oxygen atoms in total. The van der Waals surface area contributed by atoms with Gasteiger partial charge in [-0.1, -0.05) is 12.1 Å². The first-order valence-corrected chi connectivity index (χ1v) is 7.03. The SMILES string of the molecule is CC1(C)CCC(Cn2ccc3ccc(CN)cc32)O1. The van der Waals surface area contributed by atoms with Crippen molar-refractivity contribution in [1.29, 1.82) is 0 Å². The van der Waals surface area contributed by atoms with Crippen LogP contribution in [-0.4, -0.2) is 16.3 Å².